The fourth-order valence-electron chi connectivity index (χ4n) is 0.872. The second-order valence-corrected chi connectivity index (χ2v) is 5.20. The summed E-state index contributed by atoms with van der Waals surface area (Å²) in [6.07, 6.45) is 1.00. The van der Waals surface area contributed by atoms with Gasteiger partial charge in [0.1, 0.15) is 0 Å². The normalized spacial score (nSPS) is 9.94. The molecule has 0 aliphatic heterocycles. The van der Waals surface area contributed by atoms with Crippen LogP contribution in [0.15, 0.2) is 4.34 Å². The van der Waals surface area contributed by atoms with E-state index in [0.717, 1.165) is 18.1 Å². The Morgan fingerprint density at radius 1 is 1.47 bits per heavy atom. The first kappa shape index (κ1) is 13.7. The Kier molecular flexibility index (Phi) is 5.70. The number of imide groups is 1. The van der Waals surface area contributed by atoms with Crippen molar-refractivity contribution in [2.45, 2.75) is 17.7 Å². The number of primary amides is 1. The van der Waals surface area contributed by atoms with Crippen molar-refractivity contribution in [3.8, 4) is 0 Å². The predicted octanol–water partition coefficient (Wildman–Crippen LogP) is 0.647. The number of anilines is 1. The second-order valence-electron chi connectivity index (χ2n) is 3.00. The van der Waals surface area contributed by atoms with E-state index in [1.807, 2.05) is 5.32 Å². The van der Waals surface area contributed by atoms with Crippen LogP contribution in [-0.2, 0) is 4.79 Å². The molecular weight excluding hydrogens is 262 g/mol. The van der Waals surface area contributed by atoms with Gasteiger partial charge >= 0.3 is 6.03 Å². The number of aromatic nitrogens is 2. The molecule has 0 unspecified atom stereocenters. The maximum absolute atomic E-state index is 11.1. The van der Waals surface area contributed by atoms with Crippen molar-refractivity contribution in [1.82, 2.24) is 15.5 Å². The van der Waals surface area contributed by atoms with Crippen molar-refractivity contribution < 1.29 is 9.59 Å². The number of hydrogen-bond donors (Lipinski definition) is 3. The number of carbonyl (C=O) groups excluding carboxylic acids is 2. The zero-order valence-electron chi connectivity index (χ0n) is 9.23. The number of amides is 3. The van der Waals surface area contributed by atoms with E-state index in [1.165, 1.54) is 23.1 Å². The quantitative estimate of drug-likeness (QED) is 0.657. The van der Waals surface area contributed by atoms with E-state index in [0.29, 0.717) is 4.34 Å². The summed E-state index contributed by atoms with van der Waals surface area (Å²) >= 11 is 2.58. The van der Waals surface area contributed by atoms with Crippen molar-refractivity contribution in [2.75, 3.05) is 17.6 Å². The number of nitrogens with one attached hydrogen (secondary N) is 2. The molecular formula is C8H13N5O2S2. The molecule has 17 heavy (non-hydrogen) atoms. The molecule has 1 heterocycles. The van der Waals surface area contributed by atoms with Gasteiger partial charge in [0.2, 0.25) is 11.0 Å². The maximum Gasteiger partial charge on any atom is 0.318 e. The second kappa shape index (κ2) is 7.07. The van der Waals surface area contributed by atoms with Crippen LogP contribution in [0.3, 0.4) is 0 Å². The topological polar surface area (TPSA) is 110 Å². The molecule has 0 fully saturated rings. The lowest BCUT2D eigenvalue weighted by molar-refractivity contribution is -0.117. The molecule has 0 aromatic carbocycles. The SMILES string of the molecule is CCCNc1nnc(SCC(=O)NC(N)=O)s1. The van der Waals surface area contributed by atoms with Crippen LogP contribution in [0.2, 0.25) is 0 Å². The van der Waals surface area contributed by atoms with Gasteiger partial charge in [0.25, 0.3) is 0 Å². The highest BCUT2D eigenvalue weighted by Gasteiger charge is 2.08. The fourth-order valence-corrected chi connectivity index (χ4v) is 2.45. The molecule has 0 saturated heterocycles. The van der Waals surface area contributed by atoms with Gasteiger partial charge in [-0.2, -0.15) is 0 Å². The van der Waals surface area contributed by atoms with Crippen LogP contribution >= 0.6 is 23.1 Å². The molecule has 1 rings (SSSR count). The third-order valence-electron chi connectivity index (χ3n) is 1.52. The summed E-state index contributed by atoms with van der Waals surface area (Å²) in [5, 5.41) is 13.6. The van der Waals surface area contributed by atoms with Gasteiger partial charge in [0.15, 0.2) is 4.34 Å². The Labute approximate surface area is 107 Å². The van der Waals surface area contributed by atoms with Crippen LogP contribution in [0, 0.1) is 0 Å². The van der Waals surface area contributed by atoms with E-state index in [9.17, 15) is 9.59 Å². The summed E-state index contributed by atoms with van der Waals surface area (Å²) in [7, 11) is 0. The minimum Gasteiger partial charge on any atom is -0.360 e. The van der Waals surface area contributed by atoms with E-state index in [1.54, 1.807) is 0 Å². The summed E-state index contributed by atoms with van der Waals surface area (Å²) in [6, 6.07) is -0.849. The molecule has 0 aliphatic carbocycles. The maximum atomic E-state index is 11.1. The fraction of sp³-hybridized carbons (Fsp3) is 0.500. The number of rotatable bonds is 6. The van der Waals surface area contributed by atoms with Gasteiger partial charge in [0, 0.05) is 6.54 Å². The number of hydrogen-bond acceptors (Lipinski definition) is 7. The minimum atomic E-state index is -0.849. The zero-order chi connectivity index (χ0) is 12.7. The first-order valence-electron chi connectivity index (χ1n) is 4.91. The molecule has 0 aliphatic rings. The molecule has 4 N–H and O–H groups in total. The standard InChI is InChI=1S/C8H13N5O2S2/c1-2-3-10-7-12-13-8(17-7)16-4-5(14)11-6(9)15/h2-4H2,1H3,(H,10,12)(H3,9,11,14,15). The Morgan fingerprint density at radius 2 is 2.24 bits per heavy atom. The van der Waals surface area contributed by atoms with Gasteiger partial charge in [0.05, 0.1) is 5.75 Å². The number of nitrogens with two attached hydrogens (primary N) is 1. The van der Waals surface area contributed by atoms with Gasteiger partial charge < -0.3 is 11.1 Å². The third-order valence-corrected chi connectivity index (χ3v) is 3.54. The van der Waals surface area contributed by atoms with Crippen molar-refractivity contribution in [1.29, 1.82) is 0 Å². The molecule has 7 nitrogen and oxygen atoms in total. The van der Waals surface area contributed by atoms with E-state index < -0.39 is 11.9 Å². The van der Waals surface area contributed by atoms with Crippen LogP contribution in [0.4, 0.5) is 9.93 Å². The Bertz CT molecular complexity index is 395. The summed E-state index contributed by atoms with van der Waals surface area (Å²) in [6.45, 7) is 2.89. The highest BCUT2D eigenvalue weighted by Crippen LogP contribution is 2.24. The average molecular weight is 275 g/mol. The molecule has 94 valence electrons. The van der Waals surface area contributed by atoms with Crippen molar-refractivity contribution in [3.63, 3.8) is 0 Å². The number of urea groups is 1. The Hall–Kier alpha value is -1.35. The highest BCUT2D eigenvalue weighted by molar-refractivity contribution is 8.01. The number of carbonyl (C=O) groups is 2. The summed E-state index contributed by atoms with van der Waals surface area (Å²) in [4.78, 5) is 21.5. The molecule has 0 spiro atoms. The summed E-state index contributed by atoms with van der Waals surface area (Å²) < 4.78 is 0.670. The lowest BCUT2D eigenvalue weighted by Gasteiger charge is -1.97. The molecule has 1 aromatic rings. The molecule has 9 heteroatoms. The Balaban J connectivity index is 2.34. The summed E-state index contributed by atoms with van der Waals surface area (Å²) in [5.41, 5.74) is 4.81. The molecule has 0 saturated carbocycles. The molecule has 0 atom stereocenters. The van der Waals surface area contributed by atoms with Crippen LogP contribution in [0.25, 0.3) is 0 Å². The summed E-state index contributed by atoms with van der Waals surface area (Å²) in [5.74, 6) is -0.355. The minimum absolute atomic E-state index is 0.0886. The van der Waals surface area contributed by atoms with E-state index in [-0.39, 0.29) is 5.75 Å². The molecule has 0 radical (unpaired) electrons. The predicted molar refractivity (Wildman–Crippen MR) is 67.1 cm³/mol. The van der Waals surface area contributed by atoms with Crippen LogP contribution in [-0.4, -0.2) is 34.4 Å². The molecule has 1 aromatic heterocycles. The lowest BCUT2D eigenvalue weighted by atomic mass is 10.5. The van der Waals surface area contributed by atoms with Crippen molar-refractivity contribution in [3.05, 3.63) is 0 Å². The van der Waals surface area contributed by atoms with Crippen LogP contribution < -0.4 is 16.4 Å². The van der Waals surface area contributed by atoms with Gasteiger partial charge in [-0.15, -0.1) is 10.2 Å². The Morgan fingerprint density at radius 3 is 2.88 bits per heavy atom. The van der Waals surface area contributed by atoms with E-state index >= 15 is 0 Å². The van der Waals surface area contributed by atoms with Crippen molar-refractivity contribution >= 4 is 40.2 Å². The molecule has 3 amide bonds. The van der Waals surface area contributed by atoms with Gasteiger partial charge in [-0.25, -0.2) is 4.79 Å². The number of thioether (sulfide) groups is 1. The van der Waals surface area contributed by atoms with Gasteiger partial charge in [-0.1, -0.05) is 30.0 Å². The smallest absolute Gasteiger partial charge is 0.318 e. The lowest BCUT2D eigenvalue weighted by Crippen LogP contribution is -2.36. The number of nitrogens with zero attached hydrogens (tertiary/aromatic N) is 2. The van der Waals surface area contributed by atoms with Crippen LogP contribution in [0.5, 0.6) is 0 Å². The van der Waals surface area contributed by atoms with Crippen molar-refractivity contribution in [2.24, 2.45) is 5.73 Å². The highest BCUT2D eigenvalue weighted by atomic mass is 32.2. The third kappa shape index (κ3) is 5.50. The van der Waals surface area contributed by atoms with Crippen LogP contribution in [0.1, 0.15) is 13.3 Å². The van der Waals surface area contributed by atoms with Gasteiger partial charge in [-0.3, -0.25) is 10.1 Å². The zero-order valence-corrected chi connectivity index (χ0v) is 10.9. The first-order valence-corrected chi connectivity index (χ1v) is 6.71. The first-order chi connectivity index (χ1) is 8.11. The largest absolute Gasteiger partial charge is 0.360 e. The van der Waals surface area contributed by atoms with Gasteiger partial charge in [-0.05, 0) is 6.42 Å². The molecule has 0 bridgehead atoms. The average Bonchev–Trinajstić information content (AvgIpc) is 2.70. The monoisotopic (exact) mass is 275 g/mol. The van der Waals surface area contributed by atoms with E-state index in [4.69, 9.17) is 5.73 Å². The van der Waals surface area contributed by atoms with E-state index in [2.05, 4.69) is 22.4 Å².